The summed E-state index contributed by atoms with van der Waals surface area (Å²) in [5, 5.41) is 0. The molecule has 1 aliphatic heterocycles. The Morgan fingerprint density at radius 2 is 2.13 bits per heavy atom. The zero-order chi connectivity index (χ0) is 16.2. The summed E-state index contributed by atoms with van der Waals surface area (Å²) < 4.78 is 5.39. The number of carbonyl (C=O) groups is 2. The molecule has 1 unspecified atom stereocenters. The maximum atomic E-state index is 12.6. The van der Waals surface area contributed by atoms with Crippen molar-refractivity contribution >= 4 is 23.2 Å². The molecule has 0 radical (unpaired) electrons. The quantitative estimate of drug-likeness (QED) is 0.809. The van der Waals surface area contributed by atoms with Gasteiger partial charge in [0.1, 0.15) is 17.5 Å². The molecule has 120 valence electrons. The van der Waals surface area contributed by atoms with Gasteiger partial charge < -0.3 is 9.64 Å². The van der Waals surface area contributed by atoms with Crippen molar-refractivity contribution in [1.82, 2.24) is 9.88 Å². The molecule has 1 saturated heterocycles. The first kappa shape index (κ1) is 15.7. The maximum Gasteiger partial charge on any atom is 0.329 e. The van der Waals surface area contributed by atoms with Gasteiger partial charge in [-0.15, -0.1) is 11.3 Å². The van der Waals surface area contributed by atoms with Crippen molar-refractivity contribution in [1.29, 1.82) is 0 Å². The molecule has 0 aliphatic carbocycles. The van der Waals surface area contributed by atoms with Crippen LogP contribution < -0.4 is 0 Å². The van der Waals surface area contributed by atoms with E-state index in [-0.39, 0.29) is 18.5 Å². The Labute approximate surface area is 138 Å². The second-order valence-electron chi connectivity index (χ2n) is 5.52. The van der Waals surface area contributed by atoms with Crippen LogP contribution >= 0.6 is 11.3 Å². The third-order valence-electron chi connectivity index (χ3n) is 3.95. The summed E-state index contributed by atoms with van der Waals surface area (Å²) in [4.78, 5) is 31.3. The highest BCUT2D eigenvalue weighted by Gasteiger charge is 2.36. The van der Waals surface area contributed by atoms with Gasteiger partial charge in [-0.05, 0) is 25.3 Å². The van der Waals surface area contributed by atoms with E-state index in [9.17, 15) is 9.59 Å². The van der Waals surface area contributed by atoms with Crippen LogP contribution in [-0.2, 0) is 16.1 Å². The number of aromatic nitrogens is 1. The second kappa shape index (κ2) is 6.91. The highest BCUT2D eigenvalue weighted by Crippen LogP contribution is 2.24. The number of nitrogens with zero attached hydrogens (tertiary/aromatic N) is 2. The van der Waals surface area contributed by atoms with Crippen molar-refractivity contribution in [3.63, 3.8) is 0 Å². The molecule has 1 aromatic heterocycles. The molecule has 0 N–H and O–H groups in total. The lowest BCUT2D eigenvalue weighted by molar-refractivity contribution is -0.149. The van der Waals surface area contributed by atoms with Gasteiger partial charge >= 0.3 is 5.97 Å². The number of benzene rings is 1. The first-order chi connectivity index (χ1) is 11.2. The van der Waals surface area contributed by atoms with Gasteiger partial charge in [0.25, 0.3) is 5.91 Å². The van der Waals surface area contributed by atoms with Crippen LogP contribution in [0.1, 0.15) is 33.8 Å². The lowest BCUT2D eigenvalue weighted by Gasteiger charge is -2.22. The Balaban J connectivity index is 1.65. The van der Waals surface area contributed by atoms with Crippen molar-refractivity contribution in [2.45, 2.75) is 32.4 Å². The molecule has 2 heterocycles. The highest BCUT2D eigenvalue weighted by atomic mass is 32.1. The van der Waals surface area contributed by atoms with E-state index in [1.165, 1.54) is 11.3 Å². The number of ether oxygens (including phenoxy) is 1. The molecule has 1 fully saturated rings. The lowest BCUT2D eigenvalue weighted by Crippen LogP contribution is -2.41. The zero-order valence-corrected chi connectivity index (χ0v) is 13.7. The van der Waals surface area contributed by atoms with Gasteiger partial charge in [0.2, 0.25) is 0 Å². The van der Waals surface area contributed by atoms with Crippen molar-refractivity contribution in [3.8, 4) is 0 Å². The Morgan fingerprint density at radius 3 is 2.83 bits per heavy atom. The Hall–Kier alpha value is -2.21. The largest absolute Gasteiger partial charge is 0.459 e. The first-order valence-electron chi connectivity index (χ1n) is 7.58. The van der Waals surface area contributed by atoms with Crippen LogP contribution in [0, 0.1) is 6.92 Å². The van der Waals surface area contributed by atoms with Gasteiger partial charge in [-0.25, -0.2) is 9.78 Å². The second-order valence-corrected chi connectivity index (χ2v) is 6.37. The monoisotopic (exact) mass is 330 g/mol. The number of carbonyl (C=O) groups excluding carboxylic acids is 2. The van der Waals surface area contributed by atoms with Gasteiger partial charge in [0, 0.05) is 6.54 Å². The van der Waals surface area contributed by atoms with Crippen molar-refractivity contribution in [2.75, 3.05) is 6.54 Å². The smallest absolute Gasteiger partial charge is 0.329 e. The first-order valence-corrected chi connectivity index (χ1v) is 8.46. The number of rotatable bonds is 4. The predicted octanol–water partition coefficient (Wildman–Crippen LogP) is 2.80. The molecule has 3 rings (SSSR count). The third-order valence-corrected chi connectivity index (χ3v) is 4.87. The molecule has 0 bridgehead atoms. The fourth-order valence-corrected chi connectivity index (χ4v) is 3.47. The molecular weight excluding hydrogens is 312 g/mol. The van der Waals surface area contributed by atoms with E-state index in [1.54, 1.807) is 10.4 Å². The Bertz CT molecular complexity index is 699. The Morgan fingerprint density at radius 1 is 1.35 bits per heavy atom. The van der Waals surface area contributed by atoms with Crippen LogP contribution in [0.2, 0.25) is 0 Å². The van der Waals surface area contributed by atoms with E-state index in [0.717, 1.165) is 12.0 Å². The summed E-state index contributed by atoms with van der Waals surface area (Å²) in [6.45, 7) is 2.63. The van der Waals surface area contributed by atoms with Gasteiger partial charge in [0.15, 0.2) is 0 Å². The van der Waals surface area contributed by atoms with Crippen LogP contribution in [-0.4, -0.2) is 34.3 Å². The summed E-state index contributed by atoms with van der Waals surface area (Å²) in [6, 6.07) is 9.05. The van der Waals surface area contributed by atoms with Crippen molar-refractivity contribution in [2.24, 2.45) is 0 Å². The fourth-order valence-electron chi connectivity index (χ4n) is 2.72. The number of hydrogen-bond donors (Lipinski definition) is 0. The average Bonchev–Trinajstić information content (AvgIpc) is 3.22. The predicted molar refractivity (Wildman–Crippen MR) is 87.1 cm³/mol. The normalized spacial score (nSPS) is 17.3. The third kappa shape index (κ3) is 3.42. The number of amides is 1. The molecule has 2 aromatic rings. The summed E-state index contributed by atoms with van der Waals surface area (Å²) >= 11 is 1.31. The van der Waals surface area contributed by atoms with Gasteiger partial charge in [-0.3, -0.25) is 4.79 Å². The molecular formula is C17H18N2O3S. The highest BCUT2D eigenvalue weighted by molar-refractivity contribution is 7.11. The van der Waals surface area contributed by atoms with E-state index in [4.69, 9.17) is 4.74 Å². The van der Waals surface area contributed by atoms with Crippen LogP contribution in [0.25, 0.3) is 0 Å². The van der Waals surface area contributed by atoms with Crippen LogP contribution in [0.5, 0.6) is 0 Å². The lowest BCUT2D eigenvalue weighted by atomic mass is 10.2. The van der Waals surface area contributed by atoms with E-state index in [1.807, 2.05) is 37.3 Å². The van der Waals surface area contributed by atoms with Crippen LogP contribution in [0.3, 0.4) is 0 Å². The van der Waals surface area contributed by atoms with E-state index in [2.05, 4.69) is 4.98 Å². The van der Waals surface area contributed by atoms with Gasteiger partial charge in [-0.1, -0.05) is 30.3 Å². The maximum absolute atomic E-state index is 12.6. The molecule has 1 aromatic carbocycles. The number of aryl methyl sites for hydroxylation is 1. The van der Waals surface area contributed by atoms with Gasteiger partial charge in [0.05, 0.1) is 11.2 Å². The number of hydrogen-bond acceptors (Lipinski definition) is 5. The summed E-state index contributed by atoms with van der Waals surface area (Å²) in [5.74, 6) is -0.453. The molecule has 0 spiro atoms. The summed E-state index contributed by atoms with van der Waals surface area (Å²) in [5.41, 5.74) is 3.31. The van der Waals surface area contributed by atoms with Gasteiger partial charge in [-0.2, -0.15) is 0 Å². The molecule has 1 amide bonds. The minimum atomic E-state index is -0.493. The fraction of sp³-hybridized carbons (Fsp3) is 0.353. The Kier molecular flexibility index (Phi) is 4.71. The van der Waals surface area contributed by atoms with E-state index >= 15 is 0 Å². The number of esters is 1. The van der Waals surface area contributed by atoms with Crippen LogP contribution in [0.4, 0.5) is 0 Å². The number of thiazole rings is 1. The molecule has 5 nitrogen and oxygen atoms in total. The summed E-state index contributed by atoms with van der Waals surface area (Å²) in [7, 11) is 0. The van der Waals surface area contributed by atoms with Crippen molar-refractivity contribution in [3.05, 3.63) is 52.0 Å². The molecule has 23 heavy (non-hydrogen) atoms. The molecule has 0 saturated carbocycles. The van der Waals surface area contributed by atoms with E-state index < -0.39 is 6.04 Å². The molecule has 1 atom stereocenters. The van der Waals surface area contributed by atoms with Crippen LogP contribution in [0.15, 0.2) is 35.8 Å². The summed E-state index contributed by atoms with van der Waals surface area (Å²) in [6.07, 6.45) is 1.46. The SMILES string of the molecule is Cc1ncsc1C(=O)N1CCCC1C(=O)OCc1ccccc1. The zero-order valence-electron chi connectivity index (χ0n) is 12.9. The minimum absolute atomic E-state index is 0.121. The van der Waals surface area contributed by atoms with Crippen molar-refractivity contribution < 1.29 is 14.3 Å². The molecule has 1 aliphatic rings. The van der Waals surface area contributed by atoms with E-state index in [0.29, 0.717) is 23.5 Å². The standard InChI is InChI=1S/C17H18N2O3S/c1-12-15(23-11-18-12)16(20)19-9-5-8-14(19)17(21)22-10-13-6-3-2-4-7-13/h2-4,6-7,11,14H,5,8-10H2,1H3. The minimum Gasteiger partial charge on any atom is -0.459 e. The topological polar surface area (TPSA) is 59.5 Å². The number of likely N-dealkylation sites (tertiary alicyclic amines) is 1. The molecule has 6 heteroatoms. The average molecular weight is 330 g/mol.